The van der Waals surface area contributed by atoms with Crippen molar-refractivity contribution in [2.75, 3.05) is 6.61 Å². The molecule has 1 aliphatic carbocycles. The Hall–Kier alpha value is -0.320. The zero-order valence-electron chi connectivity index (χ0n) is 11.8. The summed E-state index contributed by atoms with van der Waals surface area (Å²) in [6, 6.07) is 5.58. The van der Waals surface area contributed by atoms with Gasteiger partial charge in [0.25, 0.3) is 0 Å². The normalized spacial score (nSPS) is 19.8. The lowest BCUT2D eigenvalue weighted by atomic mass is 9.77. The van der Waals surface area contributed by atoms with Gasteiger partial charge in [-0.15, -0.1) is 0 Å². The first-order valence-electron chi connectivity index (χ1n) is 7.18. The highest BCUT2D eigenvalue weighted by atomic mass is 35.5. The van der Waals surface area contributed by atoms with Gasteiger partial charge >= 0.3 is 0 Å². The van der Waals surface area contributed by atoms with Crippen molar-refractivity contribution in [1.29, 1.82) is 0 Å². The number of benzene rings is 1. The molecule has 0 aromatic heterocycles. The van der Waals surface area contributed by atoms with E-state index in [1.807, 2.05) is 25.1 Å². The van der Waals surface area contributed by atoms with Crippen LogP contribution in [0.3, 0.4) is 0 Å². The van der Waals surface area contributed by atoms with E-state index >= 15 is 0 Å². The van der Waals surface area contributed by atoms with E-state index in [-0.39, 0.29) is 11.6 Å². The van der Waals surface area contributed by atoms with Crippen LogP contribution in [-0.2, 0) is 4.74 Å². The van der Waals surface area contributed by atoms with Crippen LogP contribution in [0.5, 0.6) is 0 Å². The molecule has 1 fully saturated rings. The Morgan fingerprint density at radius 3 is 2.50 bits per heavy atom. The average molecular weight is 317 g/mol. The van der Waals surface area contributed by atoms with E-state index in [0.29, 0.717) is 16.7 Å². The topological polar surface area (TPSA) is 47.3 Å². The molecule has 0 amide bonds. The molecule has 1 atom stereocenters. The first-order chi connectivity index (χ1) is 9.63. The van der Waals surface area contributed by atoms with Crippen LogP contribution < -0.4 is 11.3 Å². The third kappa shape index (κ3) is 3.29. The molecule has 1 aromatic carbocycles. The van der Waals surface area contributed by atoms with Gasteiger partial charge in [0.1, 0.15) is 0 Å². The Bertz CT molecular complexity index is 442. The summed E-state index contributed by atoms with van der Waals surface area (Å²) in [6.07, 6.45) is 5.61. The van der Waals surface area contributed by atoms with Crippen molar-refractivity contribution in [3.8, 4) is 0 Å². The number of nitrogens with one attached hydrogen (secondary N) is 1. The van der Waals surface area contributed by atoms with E-state index in [9.17, 15) is 0 Å². The summed E-state index contributed by atoms with van der Waals surface area (Å²) >= 11 is 12.1. The largest absolute Gasteiger partial charge is 0.373 e. The van der Waals surface area contributed by atoms with E-state index in [1.54, 1.807) is 0 Å². The number of rotatable bonds is 5. The molecule has 0 spiro atoms. The molecule has 3 nitrogen and oxygen atoms in total. The predicted octanol–water partition coefficient (Wildman–Crippen LogP) is 4.24. The fourth-order valence-electron chi connectivity index (χ4n) is 3.20. The van der Waals surface area contributed by atoms with Crippen LogP contribution >= 0.6 is 23.2 Å². The van der Waals surface area contributed by atoms with Crippen LogP contribution in [0.1, 0.15) is 50.6 Å². The SMILES string of the molecule is CCOC1(C(NN)c2ccc(Cl)c(Cl)c2)CCCCC1. The lowest BCUT2D eigenvalue weighted by Gasteiger charge is -2.43. The molecule has 0 bridgehead atoms. The summed E-state index contributed by atoms with van der Waals surface area (Å²) in [4.78, 5) is 0. The smallest absolute Gasteiger partial charge is 0.0889 e. The summed E-state index contributed by atoms with van der Waals surface area (Å²) < 4.78 is 6.13. The summed E-state index contributed by atoms with van der Waals surface area (Å²) in [6.45, 7) is 2.71. The third-order valence-electron chi connectivity index (χ3n) is 4.10. The second-order valence-corrected chi connectivity index (χ2v) is 6.15. The minimum atomic E-state index is -0.251. The van der Waals surface area contributed by atoms with Crippen molar-refractivity contribution in [1.82, 2.24) is 5.43 Å². The highest BCUT2D eigenvalue weighted by Gasteiger charge is 2.41. The van der Waals surface area contributed by atoms with Gasteiger partial charge in [0.15, 0.2) is 0 Å². The van der Waals surface area contributed by atoms with E-state index in [2.05, 4.69) is 5.43 Å². The summed E-state index contributed by atoms with van der Waals surface area (Å²) in [7, 11) is 0. The number of hydrogen-bond acceptors (Lipinski definition) is 3. The maximum Gasteiger partial charge on any atom is 0.0889 e. The van der Waals surface area contributed by atoms with Crippen molar-refractivity contribution < 1.29 is 4.74 Å². The van der Waals surface area contributed by atoms with Crippen LogP contribution in [-0.4, -0.2) is 12.2 Å². The minimum Gasteiger partial charge on any atom is -0.373 e. The maximum absolute atomic E-state index is 6.13. The lowest BCUT2D eigenvalue weighted by Crippen LogP contribution is -2.49. The first-order valence-corrected chi connectivity index (χ1v) is 7.93. The first kappa shape index (κ1) is 16.1. The molecule has 1 aliphatic rings. The molecule has 0 radical (unpaired) electrons. The molecular formula is C15H22Cl2N2O. The highest BCUT2D eigenvalue weighted by Crippen LogP contribution is 2.42. The Morgan fingerprint density at radius 2 is 1.95 bits per heavy atom. The second kappa shape index (κ2) is 7.10. The molecule has 1 unspecified atom stereocenters. The molecule has 0 heterocycles. The Morgan fingerprint density at radius 1 is 1.25 bits per heavy atom. The summed E-state index contributed by atoms with van der Waals surface area (Å²) in [5.41, 5.74) is 3.71. The molecule has 5 heteroatoms. The molecule has 3 N–H and O–H groups in total. The van der Waals surface area contributed by atoms with Crippen molar-refractivity contribution in [2.45, 2.75) is 50.7 Å². The number of ether oxygens (including phenoxy) is 1. The van der Waals surface area contributed by atoms with E-state index in [4.69, 9.17) is 33.8 Å². The van der Waals surface area contributed by atoms with Crippen molar-refractivity contribution in [2.24, 2.45) is 5.84 Å². The van der Waals surface area contributed by atoms with Crippen molar-refractivity contribution in [3.63, 3.8) is 0 Å². The monoisotopic (exact) mass is 316 g/mol. The van der Waals surface area contributed by atoms with Gasteiger partial charge in [0, 0.05) is 6.61 Å². The van der Waals surface area contributed by atoms with Crippen molar-refractivity contribution in [3.05, 3.63) is 33.8 Å². The highest BCUT2D eigenvalue weighted by molar-refractivity contribution is 6.42. The lowest BCUT2D eigenvalue weighted by molar-refractivity contribution is -0.0913. The Kier molecular flexibility index (Phi) is 5.70. The predicted molar refractivity (Wildman–Crippen MR) is 84.0 cm³/mol. The van der Waals surface area contributed by atoms with Gasteiger partial charge in [-0.25, -0.2) is 0 Å². The van der Waals surface area contributed by atoms with Crippen LogP contribution in [0.15, 0.2) is 18.2 Å². The summed E-state index contributed by atoms with van der Waals surface area (Å²) in [5, 5.41) is 1.10. The quantitative estimate of drug-likeness (QED) is 0.631. The zero-order chi connectivity index (χ0) is 14.6. The molecule has 20 heavy (non-hydrogen) atoms. The van der Waals surface area contributed by atoms with Gasteiger partial charge in [-0.05, 0) is 37.5 Å². The standard InChI is InChI=1S/C15H22Cl2N2O/c1-2-20-15(8-4-3-5-9-15)14(19-18)11-6-7-12(16)13(17)10-11/h6-7,10,14,19H,2-5,8-9,18H2,1H3. The number of hydrazine groups is 1. The Balaban J connectivity index is 2.34. The van der Waals surface area contributed by atoms with E-state index < -0.39 is 0 Å². The van der Waals surface area contributed by atoms with Gasteiger partial charge in [-0.1, -0.05) is 48.5 Å². The fourth-order valence-corrected chi connectivity index (χ4v) is 3.50. The van der Waals surface area contributed by atoms with Crippen LogP contribution in [0.2, 0.25) is 10.0 Å². The van der Waals surface area contributed by atoms with Gasteiger partial charge in [0.2, 0.25) is 0 Å². The second-order valence-electron chi connectivity index (χ2n) is 5.33. The summed E-state index contributed by atoms with van der Waals surface area (Å²) in [5.74, 6) is 5.83. The van der Waals surface area contributed by atoms with Crippen LogP contribution in [0, 0.1) is 0 Å². The van der Waals surface area contributed by atoms with Crippen LogP contribution in [0.25, 0.3) is 0 Å². The van der Waals surface area contributed by atoms with Gasteiger partial charge in [-0.3, -0.25) is 11.3 Å². The van der Waals surface area contributed by atoms with Crippen LogP contribution in [0.4, 0.5) is 0 Å². The molecule has 1 aromatic rings. The zero-order valence-corrected chi connectivity index (χ0v) is 13.3. The molecular weight excluding hydrogens is 295 g/mol. The fraction of sp³-hybridized carbons (Fsp3) is 0.600. The van der Waals surface area contributed by atoms with Gasteiger partial charge in [0.05, 0.1) is 21.7 Å². The third-order valence-corrected chi connectivity index (χ3v) is 4.84. The Labute approximate surface area is 130 Å². The number of halogens is 2. The van der Waals surface area contributed by atoms with E-state index in [1.165, 1.54) is 19.3 Å². The minimum absolute atomic E-state index is 0.0717. The maximum atomic E-state index is 6.13. The molecule has 2 rings (SSSR count). The van der Waals surface area contributed by atoms with E-state index in [0.717, 1.165) is 18.4 Å². The number of hydrogen-bond donors (Lipinski definition) is 2. The average Bonchev–Trinajstić information content (AvgIpc) is 2.45. The van der Waals surface area contributed by atoms with Gasteiger partial charge < -0.3 is 4.74 Å². The molecule has 1 saturated carbocycles. The number of nitrogens with two attached hydrogens (primary N) is 1. The van der Waals surface area contributed by atoms with Crippen molar-refractivity contribution >= 4 is 23.2 Å². The molecule has 0 saturated heterocycles. The molecule has 0 aliphatic heterocycles. The van der Waals surface area contributed by atoms with Gasteiger partial charge in [-0.2, -0.15) is 0 Å². The molecule has 112 valence electrons.